The van der Waals surface area contributed by atoms with Crippen molar-refractivity contribution in [2.45, 2.75) is 13.8 Å². The van der Waals surface area contributed by atoms with Gasteiger partial charge in [-0.15, -0.1) is 0 Å². The summed E-state index contributed by atoms with van der Waals surface area (Å²) in [6.07, 6.45) is 0. The van der Waals surface area contributed by atoms with Crippen LogP contribution in [0.25, 0.3) is 0 Å². The molecule has 0 aliphatic rings. The van der Waals surface area contributed by atoms with Crippen molar-refractivity contribution in [3.63, 3.8) is 0 Å². The van der Waals surface area contributed by atoms with Crippen molar-refractivity contribution < 1.29 is 10.4 Å². The van der Waals surface area contributed by atoms with E-state index in [4.69, 9.17) is 10.9 Å². The van der Waals surface area contributed by atoms with Crippen LogP contribution in [0.1, 0.15) is 13.8 Å². The number of nitrogens with two attached hydrogens (primary N) is 1. The number of hydrogen-bond donors (Lipinski definition) is 3. The molecule has 3 nitrogen and oxygen atoms in total. The molecule has 4 N–H and O–H groups in total. The smallest absolute Gasteiger partial charge is 0.281 e. The van der Waals surface area contributed by atoms with E-state index in [1.165, 1.54) is 0 Å². The Balaban J connectivity index is 3.56. The average molecular weight is 103 g/mol. The van der Waals surface area contributed by atoms with Gasteiger partial charge in [0.15, 0.2) is 0 Å². The highest BCUT2D eigenvalue weighted by atomic mass is 16.4. The molecule has 0 aliphatic heterocycles. The van der Waals surface area contributed by atoms with Gasteiger partial charge in [0, 0.05) is 0 Å². The minimum absolute atomic E-state index is 0.199. The lowest BCUT2D eigenvalue weighted by atomic mass is 10.2. The topological polar surface area (TPSA) is 60.2 Å². The third kappa shape index (κ3) is 2.03. The Kier molecular flexibility index (Phi) is 2.19. The predicted octanol–water partition coefficient (Wildman–Crippen LogP) is -1.53. The summed E-state index contributed by atoms with van der Waals surface area (Å²) in [5.41, 5.74) is 5.17. The maximum atomic E-state index is 8.09. The van der Waals surface area contributed by atoms with Crippen molar-refractivity contribution in [3.05, 3.63) is 0 Å². The van der Waals surface area contributed by atoms with Gasteiger partial charge in [0.1, 0.15) is 0 Å². The molecule has 0 amide bonds. The van der Waals surface area contributed by atoms with Crippen molar-refractivity contribution in [1.29, 1.82) is 0 Å². The fourth-order valence-electron chi connectivity index (χ4n) is 0.129. The van der Waals surface area contributed by atoms with Crippen LogP contribution in [0.5, 0.6) is 0 Å². The molecule has 0 aromatic carbocycles. The standard InChI is InChI=1S/C4H10N2O/c1-3(2)4(5)6-7/h3,7H,1-2H3,(H2,5,6)/p+1. The van der Waals surface area contributed by atoms with Gasteiger partial charge in [-0.05, 0) is 0 Å². The second-order valence-corrected chi connectivity index (χ2v) is 1.72. The number of rotatable bonds is 1. The number of hydrogen-bond acceptors (Lipinski definition) is 1. The molecule has 0 heterocycles. The Labute approximate surface area is 42.8 Å². The van der Waals surface area contributed by atoms with Crippen LogP contribution in [0, 0.1) is 5.92 Å². The first kappa shape index (κ1) is 6.27. The molecule has 0 spiro atoms. The molecular weight excluding hydrogens is 92.1 g/mol. The Hall–Kier alpha value is -0.730. The van der Waals surface area contributed by atoms with Gasteiger partial charge >= 0.3 is 0 Å². The van der Waals surface area contributed by atoms with Crippen molar-refractivity contribution in [2.75, 3.05) is 0 Å². The van der Waals surface area contributed by atoms with Gasteiger partial charge in [0.05, 0.1) is 5.92 Å². The van der Waals surface area contributed by atoms with Crippen LogP contribution in [0.4, 0.5) is 0 Å². The maximum Gasteiger partial charge on any atom is 0.281 e. The molecule has 0 bridgehead atoms. The molecule has 0 unspecified atom stereocenters. The maximum absolute atomic E-state index is 8.09. The normalized spacial score (nSPS) is 12.7. The third-order valence-corrected chi connectivity index (χ3v) is 0.751. The lowest BCUT2D eigenvalue weighted by molar-refractivity contribution is -0.739. The summed E-state index contributed by atoms with van der Waals surface area (Å²) in [6.45, 7) is 3.77. The molecule has 0 aromatic rings. The van der Waals surface area contributed by atoms with Gasteiger partial charge in [-0.1, -0.05) is 19.0 Å². The second-order valence-electron chi connectivity index (χ2n) is 1.72. The van der Waals surface area contributed by atoms with Gasteiger partial charge in [-0.3, -0.25) is 5.73 Å². The van der Waals surface area contributed by atoms with Crippen LogP contribution >= 0.6 is 0 Å². The third-order valence-electron chi connectivity index (χ3n) is 0.751. The zero-order chi connectivity index (χ0) is 5.86. The molecule has 0 saturated heterocycles. The summed E-state index contributed by atoms with van der Waals surface area (Å²) in [4.78, 5) is 0. The predicted molar refractivity (Wildman–Crippen MR) is 26.8 cm³/mol. The summed E-state index contributed by atoms with van der Waals surface area (Å²) in [6, 6.07) is 0. The first-order valence-electron chi connectivity index (χ1n) is 2.21. The van der Waals surface area contributed by atoms with Gasteiger partial charge in [0.25, 0.3) is 5.84 Å². The zero-order valence-electron chi connectivity index (χ0n) is 4.60. The molecule has 0 aliphatic carbocycles. The van der Waals surface area contributed by atoms with Crippen molar-refractivity contribution in [1.82, 2.24) is 0 Å². The molecule has 3 heteroatoms. The van der Waals surface area contributed by atoms with Crippen molar-refractivity contribution in [2.24, 2.45) is 11.7 Å². The van der Waals surface area contributed by atoms with Gasteiger partial charge in [-0.25, -0.2) is 0 Å². The minimum atomic E-state index is 0.199. The summed E-state index contributed by atoms with van der Waals surface area (Å²) in [7, 11) is 0. The van der Waals surface area contributed by atoms with Gasteiger partial charge in [0.2, 0.25) is 0 Å². The van der Waals surface area contributed by atoms with Crippen LogP contribution in [-0.2, 0) is 0 Å². The van der Waals surface area contributed by atoms with Gasteiger partial charge < -0.3 is 5.21 Å². The highest BCUT2D eigenvalue weighted by Crippen LogP contribution is 1.82. The summed E-state index contributed by atoms with van der Waals surface area (Å²) in [5.74, 6) is 0.602. The molecule has 0 radical (unpaired) electrons. The molecule has 7 heavy (non-hydrogen) atoms. The second kappa shape index (κ2) is 2.44. The van der Waals surface area contributed by atoms with E-state index in [-0.39, 0.29) is 5.92 Å². The molecule has 42 valence electrons. The first-order chi connectivity index (χ1) is 3.18. The van der Waals surface area contributed by atoms with Crippen molar-refractivity contribution >= 4 is 5.84 Å². The van der Waals surface area contributed by atoms with Crippen LogP contribution in [-0.4, -0.2) is 11.0 Å². The van der Waals surface area contributed by atoms with E-state index in [1.54, 1.807) is 0 Å². The van der Waals surface area contributed by atoms with Crippen LogP contribution in [0.2, 0.25) is 0 Å². The quantitative estimate of drug-likeness (QED) is 0.163. The Morgan fingerprint density at radius 1 is 1.71 bits per heavy atom. The van der Waals surface area contributed by atoms with E-state index in [0.717, 1.165) is 0 Å². The lowest BCUT2D eigenvalue weighted by Gasteiger charge is -1.90. The Morgan fingerprint density at radius 3 is 2.14 bits per heavy atom. The monoisotopic (exact) mass is 103 g/mol. The largest absolute Gasteiger partial charge is 0.357 e. The van der Waals surface area contributed by atoms with E-state index < -0.39 is 0 Å². The molecule has 0 rings (SSSR count). The highest BCUT2D eigenvalue weighted by Gasteiger charge is 2.02. The Bertz CT molecular complexity index is 77.8. The van der Waals surface area contributed by atoms with Crippen LogP contribution in [0.15, 0.2) is 0 Å². The molecule has 0 saturated carbocycles. The fourth-order valence-corrected chi connectivity index (χ4v) is 0.129. The first-order valence-corrected chi connectivity index (χ1v) is 2.21. The SMILES string of the molecule is CC(C)C(N)=[NH+]O. The molecular formula is C4H11N2O+. The number of amidine groups is 1. The fraction of sp³-hybridized carbons (Fsp3) is 0.750. The molecule has 0 aromatic heterocycles. The average Bonchev–Trinajstić information content (AvgIpc) is 1.65. The minimum Gasteiger partial charge on any atom is -0.357 e. The van der Waals surface area contributed by atoms with Crippen LogP contribution in [0.3, 0.4) is 0 Å². The Morgan fingerprint density at radius 2 is 2.14 bits per heavy atom. The van der Waals surface area contributed by atoms with Gasteiger partial charge in [-0.2, -0.15) is 0 Å². The summed E-state index contributed by atoms with van der Waals surface area (Å²) in [5, 5.41) is 9.95. The summed E-state index contributed by atoms with van der Waals surface area (Å²) >= 11 is 0. The molecule has 0 atom stereocenters. The summed E-state index contributed by atoms with van der Waals surface area (Å²) < 4.78 is 0. The van der Waals surface area contributed by atoms with Crippen molar-refractivity contribution in [3.8, 4) is 0 Å². The zero-order valence-corrected chi connectivity index (χ0v) is 4.60. The van der Waals surface area contributed by atoms with E-state index in [1.807, 2.05) is 19.0 Å². The lowest BCUT2D eigenvalue weighted by Crippen LogP contribution is -2.73. The van der Waals surface area contributed by atoms with E-state index >= 15 is 0 Å². The van der Waals surface area contributed by atoms with Crippen LogP contribution < -0.4 is 10.9 Å². The van der Waals surface area contributed by atoms with E-state index in [2.05, 4.69) is 0 Å². The van der Waals surface area contributed by atoms with E-state index in [9.17, 15) is 0 Å². The highest BCUT2D eigenvalue weighted by molar-refractivity contribution is 5.75. The molecule has 0 fully saturated rings. The van der Waals surface area contributed by atoms with E-state index in [0.29, 0.717) is 5.84 Å². The number of nitrogens with one attached hydrogen (secondary N) is 1.